The molecular formula is C18H21N3O3S2. The van der Waals surface area contributed by atoms with E-state index >= 15 is 0 Å². The van der Waals surface area contributed by atoms with Gasteiger partial charge in [-0.2, -0.15) is 0 Å². The molecular weight excluding hydrogens is 370 g/mol. The SMILES string of the molecule is CC(C)NC(=O)CNC(=O)c1oc2ccccc2c1CSC1=NCCS1. The van der Waals surface area contributed by atoms with Crippen LogP contribution in [0.15, 0.2) is 33.7 Å². The Morgan fingerprint density at radius 1 is 1.35 bits per heavy atom. The van der Waals surface area contributed by atoms with Crippen molar-refractivity contribution in [3.63, 3.8) is 0 Å². The van der Waals surface area contributed by atoms with Crippen molar-refractivity contribution in [1.29, 1.82) is 0 Å². The minimum absolute atomic E-state index is 0.0299. The molecule has 0 saturated heterocycles. The summed E-state index contributed by atoms with van der Waals surface area (Å²) in [6.45, 7) is 4.51. The molecule has 0 atom stereocenters. The normalized spacial score (nSPS) is 13.9. The van der Waals surface area contributed by atoms with Crippen molar-refractivity contribution in [2.45, 2.75) is 25.6 Å². The van der Waals surface area contributed by atoms with Gasteiger partial charge in [0, 0.05) is 28.5 Å². The maximum absolute atomic E-state index is 12.6. The smallest absolute Gasteiger partial charge is 0.287 e. The van der Waals surface area contributed by atoms with Gasteiger partial charge in [0.1, 0.15) is 9.96 Å². The van der Waals surface area contributed by atoms with E-state index in [1.807, 2.05) is 38.1 Å². The molecule has 1 aliphatic rings. The van der Waals surface area contributed by atoms with E-state index in [0.717, 1.165) is 27.6 Å². The number of aliphatic imine (C=N–C) groups is 1. The van der Waals surface area contributed by atoms with E-state index in [1.165, 1.54) is 0 Å². The number of nitrogens with one attached hydrogen (secondary N) is 2. The Morgan fingerprint density at radius 3 is 2.88 bits per heavy atom. The zero-order valence-electron chi connectivity index (χ0n) is 14.7. The number of benzene rings is 1. The molecule has 0 unspecified atom stereocenters. The summed E-state index contributed by atoms with van der Waals surface area (Å²) in [6.07, 6.45) is 0. The predicted octanol–water partition coefficient (Wildman–Crippen LogP) is 3.02. The molecule has 1 aromatic carbocycles. The van der Waals surface area contributed by atoms with Crippen LogP contribution in [0.1, 0.15) is 30.0 Å². The van der Waals surface area contributed by atoms with Gasteiger partial charge in [-0.3, -0.25) is 14.6 Å². The lowest BCUT2D eigenvalue weighted by Crippen LogP contribution is -2.39. The van der Waals surface area contributed by atoms with Crippen LogP contribution in [0.3, 0.4) is 0 Å². The quantitative estimate of drug-likeness (QED) is 0.791. The monoisotopic (exact) mass is 391 g/mol. The molecule has 0 fully saturated rings. The lowest BCUT2D eigenvalue weighted by atomic mass is 10.1. The van der Waals surface area contributed by atoms with Crippen molar-refractivity contribution in [3.8, 4) is 0 Å². The van der Waals surface area contributed by atoms with Crippen molar-refractivity contribution >= 4 is 50.7 Å². The van der Waals surface area contributed by atoms with Crippen LogP contribution in [-0.2, 0) is 10.5 Å². The van der Waals surface area contributed by atoms with Crippen LogP contribution < -0.4 is 10.6 Å². The summed E-state index contributed by atoms with van der Waals surface area (Å²) in [5.74, 6) is 1.27. The number of para-hydroxylation sites is 1. The fraction of sp³-hybridized carbons (Fsp3) is 0.389. The average Bonchev–Trinajstić information content (AvgIpc) is 3.24. The third kappa shape index (κ3) is 4.62. The number of carbonyl (C=O) groups excluding carboxylic acids is 2. The van der Waals surface area contributed by atoms with Crippen LogP contribution in [0.25, 0.3) is 11.0 Å². The minimum atomic E-state index is -0.378. The molecule has 0 radical (unpaired) electrons. The number of hydrogen-bond acceptors (Lipinski definition) is 6. The molecule has 1 aliphatic heterocycles. The van der Waals surface area contributed by atoms with Crippen molar-refractivity contribution in [1.82, 2.24) is 10.6 Å². The Balaban J connectivity index is 1.76. The molecule has 8 heteroatoms. The molecule has 0 aliphatic carbocycles. The predicted molar refractivity (Wildman–Crippen MR) is 108 cm³/mol. The van der Waals surface area contributed by atoms with Gasteiger partial charge < -0.3 is 15.1 Å². The van der Waals surface area contributed by atoms with E-state index in [0.29, 0.717) is 11.3 Å². The Kier molecular flexibility index (Phi) is 6.26. The maximum Gasteiger partial charge on any atom is 0.287 e. The van der Waals surface area contributed by atoms with E-state index < -0.39 is 0 Å². The Labute approximate surface area is 160 Å². The highest BCUT2D eigenvalue weighted by atomic mass is 32.2. The number of hydrogen-bond donors (Lipinski definition) is 2. The van der Waals surface area contributed by atoms with Crippen molar-refractivity contribution in [3.05, 3.63) is 35.6 Å². The Bertz CT molecular complexity index is 845. The van der Waals surface area contributed by atoms with Gasteiger partial charge in [-0.25, -0.2) is 0 Å². The van der Waals surface area contributed by atoms with E-state index in [1.54, 1.807) is 23.5 Å². The van der Waals surface area contributed by atoms with Gasteiger partial charge in [0.15, 0.2) is 5.76 Å². The number of nitrogens with zero attached hydrogens (tertiary/aromatic N) is 1. The minimum Gasteiger partial charge on any atom is -0.451 e. The molecule has 1 aromatic heterocycles. The fourth-order valence-corrected chi connectivity index (χ4v) is 4.61. The standard InChI is InChI=1S/C18H21N3O3S2/c1-11(2)21-15(22)9-20-17(23)16-13(10-26-18-19-7-8-25-18)12-5-3-4-6-14(12)24-16/h3-6,11H,7-10H2,1-2H3,(H,20,23)(H,21,22). The number of amides is 2. The first-order chi connectivity index (χ1) is 12.5. The number of furan rings is 1. The molecule has 0 spiro atoms. The lowest BCUT2D eigenvalue weighted by molar-refractivity contribution is -0.120. The summed E-state index contributed by atoms with van der Waals surface area (Å²) >= 11 is 3.35. The zero-order chi connectivity index (χ0) is 18.5. The lowest BCUT2D eigenvalue weighted by Gasteiger charge is -2.09. The van der Waals surface area contributed by atoms with Crippen LogP contribution in [0.4, 0.5) is 0 Å². The highest BCUT2D eigenvalue weighted by Gasteiger charge is 2.22. The van der Waals surface area contributed by atoms with Crippen molar-refractivity contribution in [2.75, 3.05) is 18.8 Å². The second-order valence-electron chi connectivity index (χ2n) is 6.10. The van der Waals surface area contributed by atoms with E-state index in [2.05, 4.69) is 15.6 Å². The van der Waals surface area contributed by atoms with Gasteiger partial charge in [-0.1, -0.05) is 41.7 Å². The Morgan fingerprint density at radius 2 is 2.15 bits per heavy atom. The summed E-state index contributed by atoms with van der Waals surface area (Å²) in [5, 5.41) is 6.31. The highest BCUT2D eigenvalue weighted by Crippen LogP contribution is 2.32. The number of carbonyl (C=O) groups is 2. The summed E-state index contributed by atoms with van der Waals surface area (Å²) < 4.78 is 6.83. The molecule has 138 valence electrons. The summed E-state index contributed by atoms with van der Waals surface area (Å²) in [7, 11) is 0. The number of rotatable bonds is 6. The Hall–Kier alpha value is -1.93. The first kappa shape index (κ1) is 18.8. The largest absolute Gasteiger partial charge is 0.451 e. The molecule has 2 aromatic rings. The van der Waals surface area contributed by atoms with E-state index in [4.69, 9.17) is 4.42 Å². The van der Waals surface area contributed by atoms with Gasteiger partial charge in [-0.05, 0) is 19.9 Å². The molecule has 0 saturated carbocycles. The van der Waals surface area contributed by atoms with E-state index in [9.17, 15) is 9.59 Å². The summed E-state index contributed by atoms with van der Waals surface area (Å²) in [4.78, 5) is 28.8. The molecule has 3 rings (SSSR count). The molecule has 2 amide bonds. The first-order valence-electron chi connectivity index (χ1n) is 8.42. The van der Waals surface area contributed by atoms with Crippen LogP contribution in [0.2, 0.25) is 0 Å². The van der Waals surface area contributed by atoms with Crippen LogP contribution in [0.5, 0.6) is 0 Å². The van der Waals surface area contributed by atoms with Gasteiger partial charge in [-0.15, -0.1) is 0 Å². The topological polar surface area (TPSA) is 83.7 Å². The van der Waals surface area contributed by atoms with Crippen LogP contribution in [-0.4, -0.2) is 41.1 Å². The van der Waals surface area contributed by atoms with Crippen LogP contribution in [0, 0.1) is 0 Å². The molecule has 26 heavy (non-hydrogen) atoms. The summed E-state index contributed by atoms with van der Waals surface area (Å²) in [5.41, 5.74) is 1.50. The summed E-state index contributed by atoms with van der Waals surface area (Å²) in [6, 6.07) is 7.61. The highest BCUT2D eigenvalue weighted by molar-refractivity contribution is 8.38. The third-order valence-corrected chi connectivity index (χ3v) is 5.94. The zero-order valence-corrected chi connectivity index (χ0v) is 16.3. The van der Waals surface area contributed by atoms with Gasteiger partial charge in [0.25, 0.3) is 5.91 Å². The maximum atomic E-state index is 12.6. The van der Waals surface area contributed by atoms with Gasteiger partial charge >= 0.3 is 0 Å². The van der Waals surface area contributed by atoms with Crippen LogP contribution >= 0.6 is 23.5 Å². The fourth-order valence-electron chi connectivity index (χ4n) is 2.58. The number of thioether (sulfide) groups is 2. The number of fused-ring (bicyclic) bond motifs is 1. The van der Waals surface area contributed by atoms with Gasteiger partial charge in [0.05, 0.1) is 13.1 Å². The van der Waals surface area contributed by atoms with Crippen molar-refractivity contribution in [2.24, 2.45) is 4.99 Å². The van der Waals surface area contributed by atoms with Gasteiger partial charge in [0.2, 0.25) is 5.91 Å². The van der Waals surface area contributed by atoms with Crippen molar-refractivity contribution < 1.29 is 14.0 Å². The molecule has 2 heterocycles. The molecule has 2 N–H and O–H groups in total. The third-order valence-electron chi connectivity index (χ3n) is 3.66. The van der Waals surface area contributed by atoms with E-state index in [-0.39, 0.29) is 30.2 Å². The second-order valence-corrected chi connectivity index (χ2v) is 8.40. The molecule has 0 bridgehead atoms. The second kappa shape index (κ2) is 8.64. The first-order valence-corrected chi connectivity index (χ1v) is 10.4. The average molecular weight is 392 g/mol. The molecule has 6 nitrogen and oxygen atoms in total.